The quantitative estimate of drug-likeness (QED) is 0.451. The maximum absolute atomic E-state index is 13.1. The standard InChI is InChI=1S/C20H15F6N3O3/c1-32-17(30)14-15(28-29(16(14)27)13-5-3-2-4-6-13)11-7-9-12(10-8-11)18(31,19(21,22)23)20(24,25)26/h2-10,31H,27H2,1H3. The molecule has 0 aliphatic carbocycles. The number of rotatable bonds is 4. The molecule has 3 aromatic rings. The SMILES string of the molecule is COC(=O)c1c(-c2ccc(C(O)(C(F)(F)F)C(F)(F)F)cc2)nn(-c2ccccc2)c1N. The fourth-order valence-corrected chi connectivity index (χ4v) is 3.06. The Morgan fingerprint density at radius 3 is 1.97 bits per heavy atom. The third-order valence-electron chi connectivity index (χ3n) is 4.71. The highest BCUT2D eigenvalue weighted by molar-refractivity contribution is 6.01. The Morgan fingerprint density at radius 2 is 1.50 bits per heavy atom. The molecule has 32 heavy (non-hydrogen) atoms. The van der Waals surface area contributed by atoms with E-state index in [2.05, 4.69) is 9.84 Å². The van der Waals surface area contributed by atoms with E-state index >= 15 is 0 Å². The van der Waals surface area contributed by atoms with E-state index in [1.807, 2.05) is 0 Å². The van der Waals surface area contributed by atoms with Gasteiger partial charge in [-0.1, -0.05) is 42.5 Å². The molecule has 0 spiro atoms. The Bertz CT molecular complexity index is 1110. The molecule has 0 unspecified atom stereocenters. The van der Waals surface area contributed by atoms with Crippen LogP contribution in [0.3, 0.4) is 0 Å². The number of esters is 1. The van der Waals surface area contributed by atoms with E-state index in [0.29, 0.717) is 17.8 Å². The Labute approximate surface area is 176 Å². The summed E-state index contributed by atoms with van der Waals surface area (Å²) >= 11 is 0. The molecule has 170 valence electrons. The normalized spacial score (nSPS) is 12.6. The van der Waals surface area contributed by atoms with Crippen molar-refractivity contribution in [1.29, 1.82) is 0 Å². The second kappa shape index (κ2) is 7.86. The Hall–Kier alpha value is -3.54. The van der Waals surface area contributed by atoms with Gasteiger partial charge in [0.05, 0.1) is 12.8 Å². The molecule has 6 nitrogen and oxygen atoms in total. The summed E-state index contributed by atoms with van der Waals surface area (Å²) in [6.07, 6.45) is -12.0. The molecule has 1 aromatic heterocycles. The highest BCUT2D eigenvalue weighted by atomic mass is 19.4. The monoisotopic (exact) mass is 459 g/mol. The van der Waals surface area contributed by atoms with Crippen molar-refractivity contribution in [1.82, 2.24) is 9.78 Å². The molecule has 1 heterocycles. The number of hydrogen-bond acceptors (Lipinski definition) is 5. The molecule has 0 saturated carbocycles. The van der Waals surface area contributed by atoms with Gasteiger partial charge in [0.15, 0.2) is 0 Å². The fraction of sp³-hybridized carbons (Fsp3) is 0.200. The molecule has 0 amide bonds. The van der Waals surface area contributed by atoms with Crippen molar-refractivity contribution < 1.29 is 41.0 Å². The number of methoxy groups -OCH3 is 1. The lowest BCUT2D eigenvalue weighted by atomic mass is 9.91. The first-order valence-electron chi connectivity index (χ1n) is 8.82. The van der Waals surface area contributed by atoms with E-state index in [9.17, 15) is 36.2 Å². The third-order valence-corrected chi connectivity index (χ3v) is 4.71. The summed E-state index contributed by atoms with van der Waals surface area (Å²) in [6, 6.07) is 10.9. The average molecular weight is 459 g/mol. The smallest absolute Gasteiger partial charge is 0.430 e. The minimum atomic E-state index is -6.02. The number of carbonyl (C=O) groups excluding carboxylic acids is 1. The van der Waals surface area contributed by atoms with Crippen molar-refractivity contribution in [3.8, 4) is 16.9 Å². The summed E-state index contributed by atoms with van der Waals surface area (Å²) < 4.78 is 84.5. The topological polar surface area (TPSA) is 90.4 Å². The lowest BCUT2D eigenvalue weighted by Gasteiger charge is -2.32. The molecule has 0 bridgehead atoms. The molecule has 3 N–H and O–H groups in total. The Balaban J connectivity index is 2.16. The van der Waals surface area contributed by atoms with Crippen LogP contribution in [0.25, 0.3) is 16.9 Å². The van der Waals surface area contributed by atoms with Crippen LogP contribution in [0, 0.1) is 0 Å². The van der Waals surface area contributed by atoms with Gasteiger partial charge < -0.3 is 15.6 Å². The van der Waals surface area contributed by atoms with Crippen LogP contribution >= 0.6 is 0 Å². The van der Waals surface area contributed by atoms with Crippen LogP contribution in [0.4, 0.5) is 32.2 Å². The van der Waals surface area contributed by atoms with E-state index in [1.54, 1.807) is 30.3 Å². The van der Waals surface area contributed by atoms with Crippen molar-refractivity contribution in [2.75, 3.05) is 12.8 Å². The highest BCUT2D eigenvalue weighted by Crippen LogP contribution is 2.50. The zero-order valence-corrected chi connectivity index (χ0v) is 16.2. The third kappa shape index (κ3) is 3.66. The number of carbonyl (C=O) groups is 1. The van der Waals surface area contributed by atoms with Crippen LogP contribution in [0.5, 0.6) is 0 Å². The van der Waals surface area contributed by atoms with Gasteiger partial charge >= 0.3 is 18.3 Å². The highest BCUT2D eigenvalue weighted by Gasteiger charge is 2.71. The van der Waals surface area contributed by atoms with Crippen LogP contribution in [0.1, 0.15) is 15.9 Å². The van der Waals surface area contributed by atoms with Gasteiger partial charge in [-0.2, -0.15) is 31.4 Å². The molecule has 0 saturated heterocycles. The first-order valence-corrected chi connectivity index (χ1v) is 8.82. The van der Waals surface area contributed by atoms with Gasteiger partial charge in [0, 0.05) is 11.1 Å². The molecule has 12 heteroatoms. The van der Waals surface area contributed by atoms with E-state index in [4.69, 9.17) is 5.73 Å². The number of nitrogens with zero attached hydrogens (tertiary/aromatic N) is 2. The number of benzene rings is 2. The van der Waals surface area contributed by atoms with Crippen LogP contribution in [-0.2, 0) is 10.3 Å². The maximum Gasteiger partial charge on any atom is 0.430 e. The van der Waals surface area contributed by atoms with Crippen LogP contribution in [-0.4, -0.2) is 40.3 Å². The number of aromatic nitrogens is 2. The summed E-state index contributed by atoms with van der Waals surface area (Å²) in [5, 5.41) is 13.7. The van der Waals surface area contributed by atoms with E-state index < -0.39 is 29.5 Å². The molecule has 2 aromatic carbocycles. The number of nitrogen functional groups attached to an aromatic ring is 1. The van der Waals surface area contributed by atoms with Crippen LogP contribution in [0.15, 0.2) is 54.6 Å². The largest absolute Gasteiger partial charge is 0.465 e. The molecule has 0 atom stereocenters. The molecule has 0 radical (unpaired) electrons. The summed E-state index contributed by atoms with van der Waals surface area (Å²) in [7, 11) is 1.07. The summed E-state index contributed by atoms with van der Waals surface area (Å²) in [5.41, 5.74) is -0.442. The van der Waals surface area contributed by atoms with Gasteiger partial charge in [-0.05, 0) is 12.1 Å². The average Bonchev–Trinajstić information content (AvgIpc) is 3.08. The minimum Gasteiger partial charge on any atom is -0.465 e. The van der Waals surface area contributed by atoms with Crippen molar-refractivity contribution in [3.05, 3.63) is 65.7 Å². The number of ether oxygens (including phenoxy) is 1. The number of alkyl halides is 6. The number of hydrogen-bond donors (Lipinski definition) is 2. The summed E-state index contributed by atoms with van der Waals surface area (Å²) in [5.74, 6) is -1.06. The molecule has 0 aliphatic rings. The zero-order valence-electron chi connectivity index (χ0n) is 16.2. The predicted molar refractivity (Wildman–Crippen MR) is 101 cm³/mol. The second-order valence-corrected chi connectivity index (χ2v) is 6.63. The van der Waals surface area contributed by atoms with Gasteiger partial charge in [0.25, 0.3) is 5.60 Å². The van der Waals surface area contributed by atoms with Crippen molar-refractivity contribution in [2.24, 2.45) is 0 Å². The van der Waals surface area contributed by atoms with Gasteiger partial charge in [0.1, 0.15) is 17.1 Å². The fourth-order valence-electron chi connectivity index (χ4n) is 3.06. The van der Waals surface area contributed by atoms with Crippen molar-refractivity contribution in [3.63, 3.8) is 0 Å². The van der Waals surface area contributed by atoms with Crippen molar-refractivity contribution >= 4 is 11.8 Å². The molecule has 0 fully saturated rings. The van der Waals surface area contributed by atoms with Crippen molar-refractivity contribution in [2.45, 2.75) is 18.0 Å². The Kier molecular flexibility index (Phi) is 5.68. The van der Waals surface area contributed by atoms with Gasteiger partial charge in [0.2, 0.25) is 0 Å². The number of nitrogens with two attached hydrogens (primary N) is 1. The molecule has 3 rings (SSSR count). The number of aliphatic hydroxyl groups is 1. The summed E-state index contributed by atoms with van der Waals surface area (Å²) in [6.45, 7) is 0. The van der Waals surface area contributed by atoms with Crippen LogP contribution in [0.2, 0.25) is 0 Å². The predicted octanol–water partition coefficient (Wildman–Crippen LogP) is 4.22. The molecule has 0 aliphatic heterocycles. The molecular formula is C20H15F6N3O3. The lowest BCUT2D eigenvalue weighted by molar-refractivity contribution is -0.376. The van der Waals surface area contributed by atoms with Gasteiger partial charge in [-0.3, -0.25) is 0 Å². The van der Waals surface area contributed by atoms with E-state index in [0.717, 1.165) is 19.2 Å². The van der Waals surface area contributed by atoms with E-state index in [-0.39, 0.29) is 22.6 Å². The first-order chi connectivity index (χ1) is 14.8. The number of halogens is 6. The lowest BCUT2D eigenvalue weighted by Crippen LogP contribution is -2.53. The summed E-state index contributed by atoms with van der Waals surface area (Å²) in [4.78, 5) is 12.3. The zero-order chi connectivity index (χ0) is 23.9. The minimum absolute atomic E-state index is 0.0257. The maximum atomic E-state index is 13.1. The number of anilines is 1. The number of para-hydroxylation sites is 1. The van der Waals surface area contributed by atoms with Crippen LogP contribution < -0.4 is 5.73 Å². The van der Waals surface area contributed by atoms with Gasteiger partial charge in [-0.25, -0.2) is 9.48 Å². The first kappa shape index (κ1) is 23.1. The second-order valence-electron chi connectivity index (χ2n) is 6.63. The van der Waals surface area contributed by atoms with E-state index in [1.165, 1.54) is 4.68 Å². The molecular weight excluding hydrogens is 444 g/mol. The Morgan fingerprint density at radius 1 is 0.969 bits per heavy atom. The van der Waals surface area contributed by atoms with Gasteiger partial charge in [-0.15, -0.1) is 0 Å².